The molecule has 2 aliphatic heterocycles. The van der Waals surface area contributed by atoms with Crippen LogP contribution in [0.25, 0.3) is 11.0 Å². The molecule has 34 heavy (non-hydrogen) atoms. The lowest BCUT2D eigenvalue weighted by atomic mass is 10.0. The van der Waals surface area contributed by atoms with Crippen molar-refractivity contribution in [1.29, 1.82) is 0 Å². The van der Waals surface area contributed by atoms with Crippen LogP contribution in [0.1, 0.15) is 25.8 Å². The van der Waals surface area contributed by atoms with Crippen molar-refractivity contribution in [2.45, 2.75) is 31.9 Å². The maximum absolute atomic E-state index is 15.1. The van der Waals surface area contributed by atoms with Gasteiger partial charge in [-0.1, -0.05) is 17.3 Å². The molecule has 0 radical (unpaired) electrons. The summed E-state index contributed by atoms with van der Waals surface area (Å²) in [5, 5.41) is 11.0. The van der Waals surface area contributed by atoms with Crippen LogP contribution in [0, 0.1) is 11.6 Å². The number of nitrogens with one attached hydrogen (secondary N) is 1. The number of benzene rings is 2. The van der Waals surface area contributed by atoms with E-state index in [4.69, 9.17) is 4.74 Å². The topological polar surface area (TPSA) is 92.6 Å². The van der Waals surface area contributed by atoms with Crippen LogP contribution in [0.2, 0.25) is 0 Å². The van der Waals surface area contributed by atoms with Crippen LogP contribution in [-0.2, 0) is 9.53 Å². The first-order valence-corrected chi connectivity index (χ1v) is 11.2. The number of hydrogen-bond acceptors (Lipinski definition) is 6. The van der Waals surface area contributed by atoms with Crippen LogP contribution in [-0.4, -0.2) is 59.3 Å². The van der Waals surface area contributed by atoms with Gasteiger partial charge < -0.3 is 15.0 Å². The fraction of sp³-hybridized carbons (Fsp3) is 0.391. The molecular formula is C23H24F2N6O3. The monoisotopic (exact) mass is 470 g/mol. The molecule has 2 saturated heterocycles. The van der Waals surface area contributed by atoms with Crippen molar-refractivity contribution in [2.75, 3.05) is 36.0 Å². The van der Waals surface area contributed by atoms with Gasteiger partial charge in [-0.25, -0.2) is 18.3 Å². The molecule has 1 aromatic heterocycles. The Morgan fingerprint density at radius 3 is 2.59 bits per heavy atom. The fourth-order valence-electron chi connectivity index (χ4n) is 4.60. The number of ether oxygens (including phenoxy) is 1. The third-order valence-electron chi connectivity index (χ3n) is 6.27. The Morgan fingerprint density at radius 2 is 1.88 bits per heavy atom. The first-order valence-electron chi connectivity index (χ1n) is 11.2. The summed E-state index contributed by atoms with van der Waals surface area (Å²) in [6, 6.07) is 10.1. The van der Waals surface area contributed by atoms with Crippen LogP contribution in [0.4, 0.5) is 25.0 Å². The minimum absolute atomic E-state index is 0.0815. The Bertz CT molecular complexity index is 1220. The lowest BCUT2D eigenvalue weighted by Gasteiger charge is -2.34. The molecule has 3 heterocycles. The molecule has 2 fully saturated rings. The quantitative estimate of drug-likeness (QED) is 0.616. The zero-order chi connectivity index (χ0) is 23.8. The highest BCUT2D eigenvalue weighted by Gasteiger charge is 2.34. The first kappa shape index (κ1) is 22.1. The van der Waals surface area contributed by atoms with Gasteiger partial charge in [0.2, 0.25) is 5.91 Å². The number of para-hydroxylation sites is 1. The summed E-state index contributed by atoms with van der Waals surface area (Å²) < 4.78 is 37.2. The summed E-state index contributed by atoms with van der Waals surface area (Å²) >= 11 is 0. The molecule has 0 saturated carbocycles. The van der Waals surface area contributed by atoms with Crippen LogP contribution in [0.3, 0.4) is 0 Å². The second-order valence-corrected chi connectivity index (χ2v) is 8.55. The smallest absolute Gasteiger partial charge is 0.414 e. The van der Waals surface area contributed by atoms with Gasteiger partial charge in [0.1, 0.15) is 17.3 Å². The van der Waals surface area contributed by atoms with E-state index in [1.54, 1.807) is 4.90 Å². The minimum Gasteiger partial charge on any atom is -0.442 e. The van der Waals surface area contributed by atoms with E-state index < -0.39 is 23.8 Å². The molecule has 9 nitrogen and oxygen atoms in total. The average Bonchev–Trinajstić information content (AvgIpc) is 3.41. The summed E-state index contributed by atoms with van der Waals surface area (Å²) in [7, 11) is 0. The van der Waals surface area contributed by atoms with Gasteiger partial charge in [0.05, 0.1) is 30.3 Å². The second-order valence-electron chi connectivity index (χ2n) is 8.55. The molecular weight excluding hydrogens is 446 g/mol. The fourth-order valence-corrected chi connectivity index (χ4v) is 4.60. The van der Waals surface area contributed by atoms with Gasteiger partial charge in [0.15, 0.2) is 11.6 Å². The number of fused-ring (bicyclic) bond motifs is 1. The lowest BCUT2D eigenvalue weighted by Crippen LogP contribution is -2.36. The molecule has 0 bridgehead atoms. The zero-order valence-corrected chi connectivity index (χ0v) is 18.6. The van der Waals surface area contributed by atoms with E-state index in [9.17, 15) is 9.59 Å². The van der Waals surface area contributed by atoms with Gasteiger partial charge in [-0.15, -0.1) is 5.10 Å². The van der Waals surface area contributed by atoms with E-state index in [-0.39, 0.29) is 36.4 Å². The molecule has 2 aliphatic rings. The van der Waals surface area contributed by atoms with Crippen molar-refractivity contribution < 1.29 is 23.1 Å². The van der Waals surface area contributed by atoms with E-state index in [0.29, 0.717) is 25.9 Å². The van der Waals surface area contributed by atoms with E-state index in [1.165, 1.54) is 11.8 Å². The molecule has 178 valence electrons. The predicted octanol–water partition coefficient (Wildman–Crippen LogP) is 3.01. The third-order valence-corrected chi connectivity index (χ3v) is 6.27. The van der Waals surface area contributed by atoms with Gasteiger partial charge in [-0.05, 0) is 25.0 Å². The Labute approximate surface area is 194 Å². The molecule has 3 aromatic rings. The number of rotatable bonds is 5. The number of nitrogens with zero attached hydrogens (tertiary/aromatic N) is 5. The van der Waals surface area contributed by atoms with Gasteiger partial charge in [0.25, 0.3) is 0 Å². The van der Waals surface area contributed by atoms with Crippen molar-refractivity contribution in [2.24, 2.45) is 0 Å². The number of halogens is 2. The highest BCUT2D eigenvalue weighted by Crippen LogP contribution is 2.34. The van der Waals surface area contributed by atoms with Crippen molar-refractivity contribution in [1.82, 2.24) is 20.3 Å². The van der Waals surface area contributed by atoms with Gasteiger partial charge >= 0.3 is 6.09 Å². The Balaban J connectivity index is 1.28. The molecule has 0 spiro atoms. The lowest BCUT2D eigenvalue weighted by molar-refractivity contribution is -0.119. The SMILES string of the molecule is CC(=O)NC[C@H]1CN(c2cc(F)c(N3CCC(n4nnc5ccccc54)CC3)c(F)c2)C(=O)O1. The normalized spacial score (nSPS) is 19.0. The highest BCUT2D eigenvalue weighted by atomic mass is 19.1. The van der Waals surface area contributed by atoms with Gasteiger partial charge in [-0.2, -0.15) is 0 Å². The van der Waals surface area contributed by atoms with Crippen molar-refractivity contribution in [3.8, 4) is 0 Å². The van der Waals surface area contributed by atoms with Crippen molar-refractivity contribution >= 4 is 34.4 Å². The summed E-state index contributed by atoms with van der Waals surface area (Å²) in [4.78, 5) is 26.1. The molecule has 0 aliphatic carbocycles. The third kappa shape index (κ3) is 4.13. The number of anilines is 2. The van der Waals surface area contributed by atoms with Crippen LogP contribution in [0.15, 0.2) is 36.4 Å². The summed E-state index contributed by atoms with van der Waals surface area (Å²) in [5.74, 6) is -1.73. The number of carbonyl (C=O) groups is 2. The molecule has 2 aromatic carbocycles. The maximum atomic E-state index is 15.1. The number of hydrogen-bond donors (Lipinski definition) is 1. The highest BCUT2D eigenvalue weighted by molar-refractivity contribution is 5.90. The van der Waals surface area contributed by atoms with E-state index >= 15 is 8.78 Å². The predicted molar refractivity (Wildman–Crippen MR) is 121 cm³/mol. The van der Waals surface area contributed by atoms with Crippen LogP contribution >= 0.6 is 0 Å². The van der Waals surface area contributed by atoms with Crippen molar-refractivity contribution in [3.05, 3.63) is 48.0 Å². The molecule has 5 rings (SSSR count). The maximum Gasteiger partial charge on any atom is 0.414 e. The Morgan fingerprint density at radius 1 is 1.18 bits per heavy atom. The Kier molecular flexibility index (Phi) is 5.76. The van der Waals surface area contributed by atoms with E-state index in [1.807, 2.05) is 28.9 Å². The summed E-state index contributed by atoms with van der Waals surface area (Å²) in [6.07, 6.45) is 0.0333. The summed E-state index contributed by atoms with van der Waals surface area (Å²) in [5.41, 5.74) is 1.74. The van der Waals surface area contributed by atoms with Gasteiger partial charge in [-0.3, -0.25) is 9.69 Å². The molecule has 1 N–H and O–H groups in total. The number of amides is 2. The molecule has 0 unspecified atom stereocenters. The van der Waals surface area contributed by atoms with Crippen molar-refractivity contribution in [3.63, 3.8) is 0 Å². The average molecular weight is 470 g/mol. The largest absolute Gasteiger partial charge is 0.442 e. The Hall–Kier alpha value is -3.76. The molecule has 2 amide bonds. The zero-order valence-electron chi connectivity index (χ0n) is 18.6. The van der Waals surface area contributed by atoms with Crippen LogP contribution < -0.4 is 15.1 Å². The van der Waals surface area contributed by atoms with E-state index in [2.05, 4.69) is 15.6 Å². The van der Waals surface area contributed by atoms with Crippen LogP contribution in [0.5, 0.6) is 0 Å². The molecule has 11 heteroatoms. The second kappa shape index (κ2) is 8.88. The minimum atomic E-state index is -0.738. The van der Waals surface area contributed by atoms with E-state index in [0.717, 1.165) is 23.2 Å². The first-order chi connectivity index (χ1) is 16.4. The van der Waals surface area contributed by atoms with Gasteiger partial charge in [0, 0.05) is 32.1 Å². The number of piperidine rings is 1. The number of cyclic esters (lactones) is 1. The number of aromatic nitrogens is 3. The summed E-state index contributed by atoms with van der Waals surface area (Å²) in [6.45, 7) is 2.49. The number of carbonyl (C=O) groups excluding carboxylic acids is 2. The standard InChI is InChI=1S/C23H24F2N6O3/c1-14(32)26-12-17-13-30(23(33)34-17)16-10-18(24)22(19(25)11-16)29-8-6-15(7-9-29)31-21-5-3-2-4-20(21)27-28-31/h2-5,10-11,15,17H,6-9,12-13H2,1H3,(H,26,32)/t17-/m0/s1. The molecule has 1 atom stereocenters.